The van der Waals surface area contributed by atoms with Gasteiger partial charge < -0.3 is 10.8 Å². The average molecular weight is 276 g/mol. The molecule has 0 amide bonds. The van der Waals surface area contributed by atoms with E-state index in [1.807, 2.05) is 24.5 Å². The van der Waals surface area contributed by atoms with Crippen molar-refractivity contribution < 1.29 is 5.11 Å². The number of halogens is 1. The standard InChI is InChI=1S/C10H14BrNOS/c1-14-10-3-2-7(6-8(10)11)9(12)4-5-13/h2-3,6,9,13H,4-5,12H2,1H3. The van der Waals surface area contributed by atoms with E-state index in [0.29, 0.717) is 6.42 Å². The van der Waals surface area contributed by atoms with Crippen molar-refractivity contribution in [2.45, 2.75) is 17.4 Å². The third-order valence-electron chi connectivity index (χ3n) is 2.04. The third-order valence-corrected chi connectivity index (χ3v) is 3.76. The van der Waals surface area contributed by atoms with Gasteiger partial charge in [-0.1, -0.05) is 6.07 Å². The van der Waals surface area contributed by atoms with E-state index in [0.717, 1.165) is 10.0 Å². The summed E-state index contributed by atoms with van der Waals surface area (Å²) in [4.78, 5) is 1.20. The number of aliphatic hydroxyl groups excluding tert-OH is 1. The average Bonchev–Trinajstić information content (AvgIpc) is 2.18. The predicted octanol–water partition coefficient (Wildman–Crippen LogP) is 2.55. The van der Waals surface area contributed by atoms with Crippen molar-refractivity contribution in [1.82, 2.24) is 0 Å². The van der Waals surface area contributed by atoms with Crippen LogP contribution in [0.1, 0.15) is 18.0 Å². The van der Waals surface area contributed by atoms with Crippen LogP contribution in [0.5, 0.6) is 0 Å². The van der Waals surface area contributed by atoms with Crippen molar-refractivity contribution in [1.29, 1.82) is 0 Å². The number of hydrogen-bond donors (Lipinski definition) is 2. The number of benzene rings is 1. The molecule has 14 heavy (non-hydrogen) atoms. The van der Waals surface area contributed by atoms with Crippen molar-refractivity contribution >= 4 is 27.7 Å². The lowest BCUT2D eigenvalue weighted by Gasteiger charge is -2.11. The first-order valence-electron chi connectivity index (χ1n) is 4.39. The largest absolute Gasteiger partial charge is 0.396 e. The second-order valence-electron chi connectivity index (χ2n) is 3.01. The number of nitrogens with two attached hydrogens (primary N) is 1. The quantitative estimate of drug-likeness (QED) is 0.831. The minimum Gasteiger partial charge on any atom is -0.396 e. The second kappa shape index (κ2) is 5.75. The maximum absolute atomic E-state index is 8.77. The molecule has 0 bridgehead atoms. The smallest absolute Gasteiger partial charge is 0.0449 e. The Morgan fingerprint density at radius 2 is 2.29 bits per heavy atom. The van der Waals surface area contributed by atoms with E-state index < -0.39 is 0 Å². The van der Waals surface area contributed by atoms with Gasteiger partial charge >= 0.3 is 0 Å². The van der Waals surface area contributed by atoms with Crippen LogP contribution in [0.4, 0.5) is 0 Å². The van der Waals surface area contributed by atoms with Crippen LogP contribution in [0.2, 0.25) is 0 Å². The summed E-state index contributed by atoms with van der Waals surface area (Å²) >= 11 is 5.18. The summed E-state index contributed by atoms with van der Waals surface area (Å²) in [6, 6.07) is 6.00. The molecule has 0 fully saturated rings. The Bertz CT molecular complexity index is 306. The molecule has 1 unspecified atom stereocenters. The summed E-state index contributed by atoms with van der Waals surface area (Å²) in [5.41, 5.74) is 6.94. The van der Waals surface area contributed by atoms with Crippen molar-refractivity contribution in [3.63, 3.8) is 0 Å². The van der Waals surface area contributed by atoms with E-state index in [2.05, 4.69) is 15.9 Å². The van der Waals surface area contributed by atoms with E-state index in [9.17, 15) is 0 Å². The topological polar surface area (TPSA) is 46.2 Å². The lowest BCUT2D eigenvalue weighted by atomic mass is 10.1. The van der Waals surface area contributed by atoms with Crippen molar-refractivity contribution in [3.05, 3.63) is 28.2 Å². The summed E-state index contributed by atoms with van der Waals surface area (Å²) < 4.78 is 1.07. The summed E-state index contributed by atoms with van der Waals surface area (Å²) in [5.74, 6) is 0. The minimum atomic E-state index is -0.0767. The van der Waals surface area contributed by atoms with Crippen LogP contribution in [-0.2, 0) is 0 Å². The monoisotopic (exact) mass is 275 g/mol. The van der Waals surface area contributed by atoms with Gasteiger partial charge in [-0.2, -0.15) is 0 Å². The van der Waals surface area contributed by atoms with E-state index >= 15 is 0 Å². The third kappa shape index (κ3) is 2.98. The molecule has 1 atom stereocenters. The molecule has 1 aromatic rings. The highest BCUT2D eigenvalue weighted by molar-refractivity contribution is 9.10. The van der Waals surface area contributed by atoms with Gasteiger partial charge in [0.15, 0.2) is 0 Å². The molecule has 4 heteroatoms. The van der Waals surface area contributed by atoms with Crippen molar-refractivity contribution in [2.24, 2.45) is 5.73 Å². The van der Waals surface area contributed by atoms with E-state index in [4.69, 9.17) is 10.8 Å². The Hall–Kier alpha value is -0.0300. The van der Waals surface area contributed by atoms with Gasteiger partial charge in [0.05, 0.1) is 0 Å². The number of rotatable bonds is 4. The first kappa shape index (κ1) is 12.0. The molecule has 0 heterocycles. The first-order chi connectivity index (χ1) is 6.69. The first-order valence-corrected chi connectivity index (χ1v) is 6.40. The Morgan fingerprint density at radius 1 is 1.57 bits per heavy atom. The van der Waals surface area contributed by atoms with E-state index in [1.54, 1.807) is 11.8 Å². The molecular formula is C10H14BrNOS. The SMILES string of the molecule is CSc1ccc(C(N)CCO)cc1Br. The number of thioether (sulfide) groups is 1. The molecular weight excluding hydrogens is 262 g/mol. The molecule has 0 aliphatic heterocycles. The van der Waals surface area contributed by atoms with Crippen LogP contribution in [0, 0.1) is 0 Å². The molecule has 0 radical (unpaired) electrons. The second-order valence-corrected chi connectivity index (χ2v) is 4.72. The zero-order valence-corrected chi connectivity index (χ0v) is 10.4. The molecule has 2 nitrogen and oxygen atoms in total. The van der Waals surface area contributed by atoms with Crippen LogP contribution in [0.3, 0.4) is 0 Å². The van der Waals surface area contributed by atoms with E-state index in [1.165, 1.54) is 4.90 Å². The van der Waals surface area contributed by atoms with Crippen LogP contribution < -0.4 is 5.73 Å². The highest BCUT2D eigenvalue weighted by Crippen LogP contribution is 2.28. The maximum Gasteiger partial charge on any atom is 0.0449 e. The zero-order chi connectivity index (χ0) is 10.6. The molecule has 1 rings (SSSR count). The molecule has 0 spiro atoms. The molecule has 0 aliphatic rings. The Kier molecular flexibility index (Phi) is 4.95. The van der Waals surface area contributed by atoms with Gasteiger partial charge in [0.25, 0.3) is 0 Å². The molecule has 0 saturated heterocycles. The van der Waals surface area contributed by atoms with Gasteiger partial charge in [0.2, 0.25) is 0 Å². The van der Waals surface area contributed by atoms with Gasteiger partial charge in [-0.05, 0) is 46.3 Å². The normalized spacial score (nSPS) is 12.9. The van der Waals surface area contributed by atoms with E-state index in [-0.39, 0.29) is 12.6 Å². The van der Waals surface area contributed by atoms with Crippen molar-refractivity contribution in [3.8, 4) is 0 Å². The fourth-order valence-electron chi connectivity index (χ4n) is 1.22. The number of hydrogen-bond acceptors (Lipinski definition) is 3. The van der Waals surface area contributed by atoms with Gasteiger partial charge in [-0.25, -0.2) is 0 Å². The minimum absolute atomic E-state index is 0.0767. The maximum atomic E-state index is 8.77. The Morgan fingerprint density at radius 3 is 2.79 bits per heavy atom. The lowest BCUT2D eigenvalue weighted by molar-refractivity contribution is 0.276. The Labute approximate surface area is 97.0 Å². The predicted molar refractivity (Wildman–Crippen MR) is 64.6 cm³/mol. The van der Waals surface area contributed by atoms with Gasteiger partial charge in [0.1, 0.15) is 0 Å². The Balaban J connectivity index is 2.85. The summed E-state index contributed by atoms with van der Waals surface area (Å²) in [7, 11) is 0. The van der Waals surface area contributed by atoms with Crippen LogP contribution in [0.15, 0.2) is 27.6 Å². The molecule has 78 valence electrons. The highest BCUT2D eigenvalue weighted by Gasteiger charge is 2.07. The fraction of sp³-hybridized carbons (Fsp3) is 0.400. The summed E-state index contributed by atoms with van der Waals surface area (Å²) in [6.45, 7) is 0.128. The lowest BCUT2D eigenvalue weighted by Crippen LogP contribution is -2.11. The molecule has 0 aromatic heterocycles. The summed E-state index contributed by atoms with van der Waals surface area (Å²) in [6.07, 6.45) is 2.64. The van der Waals surface area contributed by atoms with Gasteiger partial charge in [0, 0.05) is 22.0 Å². The van der Waals surface area contributed by atoms with Gasteiger partial charge in [-0.15, -0.1) is 11.8 Å². The summed E-state index contributed by atoms with van der Waals surface area (Å²) in [5, 5.41) is 8.77. The van der Waals surface area contributed by atoms with Crippen molar-refractivity contribution in [2.75, 3.05) is 12.9 Å². The van der Waals surface area contributed by atoms with Gasteiger partial charge in [-0.3, -0.25) is 0 Å². The zero-order valence-electron chi connectivity index (χ0n) is 8.03. The number of aliphatic hydroxyl groups is 1. The molecule has 0 saturated carbocycles. The highest BCUT2D eigenvalue weighted by atomic mass is 79.9. The fourth-order valence-corrected chi connectivity index (χ4v) is 2.56. The molecule has 3 N–H and O–H groups in total. The molecule has 1 aromatic carbocycles. The van der Waals surface area contributed by atoms with Crippen LogP contribution in [0.25, 0.3) is 0 Å². The van der Waals surface area contributed by atoms with Crippen LogP contribution >= 0.6 is 27.7 Å². The van der Waals surface area contributed by atoms with Crippen LogP contribution in [-0.4, -0.2) is 18.0 Å². The molecule has 0 aliphatic carbocycles.